The van der Waals surface area contributed by atoms with Gasteiger partial charge in [-0.3, -0.25) is 14.5 Å². The third kappa shape index (κ3) is 4.97. The number of rotatable bonds is 7. The molecule has 0 aliphatic heterocycles. The molecule has 1 fully saturated rings. The zero-order chi connectivity index (χ0) is 29.4. The molecule has 0 bridgehead atoms. The van der Waals surface area contributed by atoms with Gasteiger partial charge in [-0.05, 0) is 43.7 Å². The Bertz CT molecular complexity index is 1860. The Morgan fingerprint density at radius 3 is 2.67 bits per heavy atom. The quantitative estimate of drug-likeness (QED) is 0.262. The second-order valence-electron chi connectivity index (χ2n) is 11.0. The number of benzene rings is 1. The molecule has 4 aromatic heterocycles. The lowest BCUT2D eigenvalue weighted by atomic mass is 9.83. The van der Waals surface area contributed by atoms with Gasteiger partial charge in [0.2, 0.25) is 11.6 Å². The lowest BCUT2D eigenvalue weighted by Crippen LogP contribution is -2.32. The van der Waals surface area contributed by atoms with E-state index >= 15 is 0 Å². The Kier molecular flexibility index (Phi) is 7.35. The third-order valence-electron chi connectivity index (χ3n) is 8.21. The molecule has 0 amide bonds. The largest absolute Gasteiger partial charge is 0.439 e. The van der Waals surface area contributed by atoms with E-state index < -0.39 is 11.4 Å². The van der Waals surface area contributed by atoms with Crippen molar-refractivity contribution in [3.63, 3.8) is 0 Å². The number of pyridine rings is 1. The van der Waals surface area contributed by atoms with Gasteiger partial charge in [0, 0.05) is 37.2 Å². The monoisotopic (exact) mass is 584 g/mol. The molecule has 1 saturated carbocycles. The van der Waals surface area contributed by atoms with E-state index in [4.69, 9.17) is 35.8 Å². The molecule has 1 aliphatic rings. The lowest BCUT2D eigenvalue weighted by Gasteiger charge is -2.32. The van der Waals surface area contributed by atoms with Crippen LogP contribution < -0.4 is 5.76 Å². The predicted octanol–water partition coefficient (Wildman–Crippen LogP) is 5.49. The van der Waals surface area contributed by atoms with Gasteiger partial charge in [-0.25, -0.2) is 19.7 Å². The van der Waals surface area contributed by atoms with Crippen LogP contribution in [-0.2, 0) is 16.9 Å². The molecule has 1 unspecified atom stereocenters. The van der Waals surface area contributed by atoms with Crippen molar-refractivity contribution >= 4 is 22.8 Å². The van der Waals surface area contributed by atoms with Crippen molar-refractivity contribution in [2.75, 3.05) is 7.11 Å². The number of fused-ring (bicyclic) bond motifs is 1. The molecule has 0 spiro atoms. The fourth-order valence-electron chi connectivity index (χ4n) is 5.84. The first-order chi connectivity index (χ1) is 20.3. The van der Waals surface area contributed by atoms with Crippen molar-refractivity contribution in [3.8, 4) is 29.0 Å². The number of hydrogen-bond donors (Lipinski definition) is 1. The number of nitrogens with zero attached hydrogens (tertiary/aromatic N) is 7. The fraction of sp³-hybridized carbons (Fsp3) is 0.367. The van der Waals surface area contributed by atoms with Crippen molar-refractivity contribution in [3.05, 3.63) is 75.3 Å². The number of aromatic amines is 1. The van der Waals surface area contributed by atoms with Gasteiger partial charge in [-0.1, -0.05) is 54.7 Å². The molecule has 1 aromatic carbocycles. The van der Waals surface area contributed by atoms with E-state index in [9.17, 15) is 10.1 Å². The van der Waals surface area contributed by atoms with Crippen LogP contribution in [0.5, 0.6) is 0 Å². The first-order valence-corrected chi connectivity index (χ1v) is 14.2. The van der Waals surface area contributed by atoms with Crippen molar-refractivity contribution < 1.29 is 9.26 Å². The third-order valence-corrected chi connectivity index (χ3v) is 8.41. The Balaban J connectivity index is 1.66. The molecule has 0 saturated heterocycles. The average Bonchev–Trinajstić information content (AvgIpc) is 3.61. The van der Waals surface area contributed by atoms with E-state index in [0.717, 1.165) is 25.7 Å². The van der Waals surface area contributed by atoms with E-state index in [2.05, 4.69) is 32.7 Å². The predicted molar refractivity (Wildman–Crippen MR) is 155 cm³/mol. The van der Waals surface area contributed by atoms with Crippen LogP contribution in [0.1, 0.15) is 56.5 Å². The molecule has 214 valence electrons. The van der Waals surface area contributed by atoms with Crippen LogP contribution in [-0.4, -0.2) is 41.8 Å². The van der Waals surface area contributed by atoms with Crippen LogP contribution in [0.4, 0.5) is 0 Å². The van der Waals surface area contributed by atoms with Crippen LogP contribution in [0.25, 0.3) is 34.1 Å². The summed E-state index contributed by atoms with van der Waals surface area (Å²) in [7, 11) is 1.61. The molecule has 6 rings (SSSR count). The summed E-state index contributed by atoms with van der Waals surface area (Å²) in [5.74, 6) is 1.13. The van der Waals surface area contributed by atoms with Gasteiger partial charge in [0.25, 0.3) is 0 Å². The molecule has 0 radical (unpaired) electrons. The van der Waals surface area contributed by atoms with Gasteiger partial charge < -0.3 is 9.30 Å². The summed E-state index contributed by atoms with van der Waals surface area (Å²) >= 11 is 6.37. The number of nitriles is 1. The van der Waals surface area contributed by atoms with Gasteiger partial charge in [-0.2, -0.15) is 5.26 Å². The number of hydrogen-bond acceptors (Lipinski definition) is 9. The molecule has 1 aliphatic carbocycles. The summed E-state index contributed by atoms with van der Waals surface area (Å²) in [6.07, 6.45) is 7.67. The number of aromatic nitrogens is 7. The number of imidazole rings is 1. The molecular weight excluding hydrogens is 556 g/mol. The topological polar surface area (TPSA) is 148 Å². The van der Waals surface area contributed by atoms with Gasteiger partial charge in [-0.15, -0.1) is 0 Å². The SMILES string of the molecule is COC(C)(c1ccccc1C#N)c1nc2nc(-c3noc(=O)[nH]3)nc(-c3cncc(Cl)c3)c2n1CC1CCC(C)CC1. The average molecular weight is 585 g/mol. The summed E-state index contributed by atoms with van der Waals surface area (Å²) < 4.78 is 13.1. The van der Waals surface area contributed by atoms with Crippen molar-refractivity contribution in [1.82, 2.24) is 34.6 Å². The molecule has 42 heavy (non-hydrogen) atoms. The molecular formula is C30H29ClN8O3. The Morgan fingerprint density at radius 2 is 1.98 bits per heavy atom. The highest BCUT2D eigenvalue weighted by atomic mass is 35.5. The van der Waals surface area contributed by atoms with E-state index in [1.54, 1.807) is 31.6 Å². The van der Waals surface area contributed by atoms with E-state index in [1.165, 1.54) is 0 Å². The smallest absolute Gasteiger partial charge is 0.366 e. The number of ether oxygens (including phenoxy) is 1. The number of halogens is 1. The summed E-state index contributed by atoms with van der Waals surface area (Å²) in [5, 5.41) is 14.2. The van der Waals surface area contributed by atoms with Gasteiger partial charge >= 0.3 is 5.76 Å². The summed E-state index contributed by atoms with van der Waals surface area (Å²) in [5.41, 5.74) is 2.26. The first-order valence-electron chi connectivity index (χ1n) is 13.8. The number of nitrogens with one attached hydrogen (secondary N) is 1. The number of methoxy groups -OCH3 is 1. The minimum atomic E-state index is -1.11. The summed E-state index contributed by atoms with van der Waals surface area (Å²) in [6.45, 7) is 4.85. The second-order valence-corrected chi connectivity index (χ2v) is 11.4. The van der Waals surface area contributed by atoms with Crippen molar-refractivity contribution in [2.45, 2.75) is 51.7 Å². The first kappa shape index (κ1) is 27.8. The highest BCUT2D eigenvalue weighted by Gasteiger charge is 2.38. The number of H-pyrrole nitrogens is 1. The van der Waals surface area contributed by atoms with Crippen LogP contribution in [0.15, 0.2) is 52.0 Å². The maximum atomic E-state index is 11.8. The Morgan fingerprint density at radius 1 is 1.19 bits per heavy atom. The highest BCUT2D eigenvalue weighted by Crippen LogP contribution is 2.40. The van der Waals surface area contributed by atoms with Crippen LogP contribution >= 0.6 is 11.6 Å². The van der Waals surface area contributed by atoms with E-state index in [-0.39, 0.29) is 11.6 Å². The molecule has 11 nitrogen and oxygen atoms in total. The normalized spacial score (nSPS) is 18.5. The van der Waals surface area contributed by atoms with Crippen LogP contribution in [0, 0.1) is 23.2 Å². The maximum absolute atomic E-state index is 11.8. The maximum Gasteiger partial charge on any atom is 0.439 e. The molecule has 1 N–H and O–H groups in total. The van der Waals surface area contributed by atoms with Crippen molar-refractivity contribution in [2.24, 2.45) is 11.8 Å². The zero-order valence-electron chi connectivity index (χ0n) is 23.5. The minimum absolute atomic E-state index is 0.0693. The fourth-order valence-corrected chi connectivity index (χ4v) is 6.01. The summed E-state index contributed by atoms with van der Waals surface area (Å²) in [6, 6.07) is 11.4. The molecule has 12 heteroatoms. The second kappa shape index (κ2) is 11.1. The van der Waals surface area contributed by atoms with Gasteiger partial charge in [0.05, 0.1) is 16.7 Å². The highest BCUT2D eigenvalue weighted by molar-refractivity contribution is 6.30. The zero-order valence-corrected chi connectivity index (χ0v) is 24.2. The standard InChI is InChI=1S/C30H29ClN8O3/c1-17-8-10-18(11-9-17)16-39-24-23(20-12-21(31)15-33-14-20)34-26(27-37-29(40)42-38-27)35-25(24)36-28(39)30(2,41-3)22-7-5-4-6-19(22)13-32/h4-7,12,14-15,17-18H,8-11,16H2,1-3H3,(H,37,38,40). The minimum Gasteiger partial charge on any atom is -0.366 e. The van der Waals surface area contributed by atoms with Gasteiger partial charge in [0.1, 0.15) is 22.6 Å². The molecule has 1 atom stereocenters. The van der Waals surface area contributed by atoms with Gasteiger partial charge in [0.15, 0.2) is 5.65 Å². The Hall–Kier alpha value is -4.40. The van der Waals surface area contributed by atoms with Crippen molar-refractivity contribution in [1.29, 1.82) is 5.26 Å². The van der Waals surface area contributed by atoms with Crippen LogP contribution in [0.2, 0.25) is 5.02 Å². The molecule has 4 heterocycles. The summed E-state index contributed by atoms with van der Waals surface area (Å²) in [4.78, 5) is 33.2. The molecule has 5 aromatic rings. The van der Waals surface area contributed by atoms with E-state index in [0.29, 0.717) is 62.8 Å². The Labute approximate surface area is 246 Å². The van der Waals surface area contributed by atoms with E-state index in [1.807, 2.05) is 25.1 Å². The van der Waals surface area contributed by atoms with Crippen LogP contribution in [0.3, 0.4) is 0 Å². The lowest BCUT2D eigenvalue weighted by molar-refractivity contribution is 0.0275.